The quantitative estimate of drug-likeness (QED) is 0.709. The van der Waals surface area contributed by atoms with E-state index in [1.165, 1.54) is 0 Å². The molecule has 0 spiro atoms. The molecule has 2 aromatic heterocycles. The van der Waals surface area contributed by atoms with Crippen LogP contribution in [0.5, 0.6) is 0 Å². The summed E-state index contributed by atoms with van der Waals surface area (Å²) in [6.07, 6.45) is 6.22. The highest BCUT2D eigenvalue weighted by Crippen LogP contribution is 2.28. The summed E-state index contributed by atoms with van der Waals surface area (Å²) in [4.78, 5) is 20.9. The van der Waals surface area contributed by atoms with Crippen LogP contribution in [0.2, 0.25) is 0 Å². The predicted octanol–water partition coefficient (Wildman–Crippen LogP) is 3.71. The van der Waals surface area contributed by atoms with E-state index >= 15 is 0 Å². The third-order valence-corrected chi connectivity index (χ3v) is 5.49. The number of carbonyl (C=O) groups excluding carboxylic acids is 1. The SMILES string of the molecule is O=C(Cc1ccc(-c2csc(-c3ccncc3)n2)cc1)NC[C@H]1CCCO1. The van der Waals surface area contributed by atoms with Crippen molar-refractivity contribution in [1.82, 2.24) is 15.3 Å². The van der Waals surface area contributed by atoms with E-state index in [0.717, 1.165) is 46.8 Å². The maximum atomic E-state index is 12.1. The van der Waals surface area contributed by atoms with Crippen molar-refractivity contribution in [2.45, 2.75) is 25.4 Å². The Hall–Kier alpha value is -2.57. The molecule has 3 aromatic rings. The lowest BCUT2D eigenvalue weighted by Gasteiger charge is -2.10. The number of thiazole rings is 1. The predicted molar refractivity (Wildman–Crippen MR) is 106 cm³/mol. The summed E-state index contributed by atoms with van der Waals surface area (Å²) >= 11 is 1.62. The van der Waals surface area contributed by atoms with Crippen LogP contribution in [0, 0.1) is 0 Å². The van der Waals surface area contributed by atoms with Gasteiger partial charge in [0.05, 0.1) is 18.2 Å². The highest BCUT2D eigenvalue weighted by molar-refractivity contribution is 7.13. The maximum absolute atomic E-state index is 12.1. The monoisotopic (exact) mass is 379 g/mol. The number of amides is 1. The Morgan fingerprint density at radius 1 is 1.15 bits per heavy atom. The van der Waals surface area contributed by atoms with E-state index in [0.29, 0.717) is 13.0 Å². The van der Waals surface area contributed by atoms with E-state index in [-0.39, 0.29) is 12.0 Å². The van der Waals surface area contributed by atoms with Crippen molar-refractivity contribution < 1.29 is 9.53 Å². The van der Waals surface area contributed by atoms with Crippen molar-refractivity contribution in [2.75, 3.05) is 13.2 Å². The first-order valence-electron chi connectivity index (χ1n) is 9.11. The number of ether oxygens (including phenoxy) is 1. The maximum Gasteiger partial charge on any atom is 0.224 e. The molecule has 6 heteroatoms. The molecule has 1 fully saturated rings. The van der Waals surface area contributed by atoms with Crippen LogP contribution < -0.4 is 5.32 Å². The minimum absolute atomic E-state index is 0.0341. The zero-order chi connectivity index (χ0) is 18.5. The van der Waals surface area contributed by atoms with Gasteiger partial charge in [0.15, 0.2) is 0 Å². The van der Waals surface area contributed by atoms with Gasteiger partial charge < -0.3 is 10.1 Å². The molecule has 0 aliphatic carbocycles. The summed E-state index contributed by atoms with van der Waals surface area (Å²) in [5.41, 5.74) is 4.06. The number of benzene rings is 1. The third kappa shape index (κ3) is 4.59. The van der Waals surface area contributed by atoms with Crippen LogP contribution in [0.3, 0.4) is 0 Å². The fourth-order valence-corrected chi connectivity index (χ4v) is 3.94. The Morgan fingerprint density at radius 2 is 1.96 bits per heavy atom. The zero-order valence-corrected chi connectivity index (χ0v) is 15.7. The van der Waals surface area contributed by atoms with Crippen molar-refractivity contribution in [1.29, 1.82) is 0 Å². The van der Waals surface area contributed by atoms with Crippen LogP contribution in [0.15, 0.2) is 54.2 Å². The molecule has 0 unspecified atom stereocenters. The van der Waals surface area contributed by atoms with Crippen molar-refractivity contribution in [3.63, 3.8) is 0 Å². The number of nitrogens with one attached hydrogen (secondary N) is 1. The van der Waals surface area contributed by atoms with Gasteiger partial charge in [0.25, 0.3) is 0 Å². The molecule has 4 rings (SSSR count). The second kappa shape index (κ2) is 8.41. The molecule has 138 valence electrons. The molecule has 27 heavy (non-hydrogen) atoms. The molecular weight excluding hydrogens is 358 g/mol. The van der Waals surface area contributed by atoms with Gasteiger partial charge in [-0.25, -0.2) is 4.98 Å². The van der Waals surface area contributed by atoms with Gasteiger partial charge in [-0.1, -0.05) is 24.3 Å². The van der Waals surface area contributed by atoms with E-state index in [1.807, 2.05) is 36.4 Å². The lowest BCUT2D eigenvalue weighted by Crippen LogP contribution is -2.32. The first-order chi connectivity index (χ1) is 13.3. The van der Waals surface area contributed by atoms with Crippen molar-refractivity contribution in [2.24, 2.45) is 0 Å². The fourth-order valence-electron chi connectivity index (χ4n) is 3.11. The average molecular weight is 379 g/mol. The van der Waals surface area contributed by atoms with E-state index in [2.05, 4.69) is 15.7 Å². The molecule has 1 amide bonds. The van der Waals surface area contributed by atoms with Crippen LogP contribution >= 0.6 is 11.3 Å². The van der Waals surface area contributed by atoms with Gasteiger partial charge in [0, 0.05) is 42.1 Å². The first kappa shape index (κ1) is 17.8. The van der Waals surface area contributed by atoms with E-state index in [9.17, 15) is 4.79 Å². The van der Waals surface area contributed by atoms with Crippen LogP contribution in [-0.2, 0) is 16.0 Å². The Balaban J connectivity index is 1.36. The fraction of sp³-hybridized carbons (Fsp3) is 0.286. The van der Waals surface area contributed by atoms with Gasteiger partial charge >= 0.3 is 0 Å². The third-order valence-electron chi connectivity index (χ3n) is 4.60. The molecular formula is C21H21N3O2S. The molecule has 0 bridgehead atoms. The number of aromatic nitrogens is 2. The number of pyridine rings is 1. The van der Waals surface area contributed by atoms with Crippen LogP contribution in [0.25, 0.3) is 21.8 Å². The smallest absolute Gasteiger partial charge is 0.224 e. The average Bonchev–Trinajstić information content (AvgIpc) is 3.40. The minimum Gasteiger partial charge on any atom is -0.376 e. The van der Waals surface area contributed by atoms with Gasteiger partial charge in [0.1, 0.15) is 5.01 Å². The lowest BCUT2D eigenvalue weighted by atomic mass is 10.1. The Labute approximate surface area is 162 Å². The highest BCUT2D eigenvalue weighted by atomic mass is 32.1. The Bertz CT molecular complexity index is 887. The molecule has 1 aliphatic heterocycles. The molecule has 5 nitrogen and oxygen atoms in total. The van der Waals surface area contributed by atoms with Gasteiger partial charge in [-0.05, 0) is 30.5 Å². The Morgan fingerprint density at radius 3 is 2.70 bits per heavy atom. The van der Waals surface area contributed by atoms with E-state index in [1.54, 1.807) is 23.7 Å². The van der Waals surface area contributed by atoms with Gasteiger partial charge in [-0.15, -0.1) is 11.3 Å². The molecule has 1 aromatic carbocycles. The summed E-state index contributed by atoms with van der Waals surface area (Å²) in [6.45, 7) is 1.41. The number of hydrogen-bond acceptors (Lipinski definition) is 5. The molecule has 1 aliphatic rings. The van der Waals surface area contributed by atoms with E-state index in [4.69, 9.17) is 9.72 Å². The van der Waals surface area contributed by atoms with Crippen molar-refractivity contribution in [3.05, 3.63) is 59.7 Å². The second-order valence-corrected chi connectivity index (χ2v) is 7.44. The number of hydrogen-bond donors (Lipinski definition) is 1. The van der Waals surface area contributed by atoms with Crippen molar-refractivity contribution in [3.8, 4) is 21.8 Å². The summed E-state index contributed by atoms with van der Waals surface area (Å²) in [5, 5.41) is 5.99. The number of nitrogens with zero attached hydrogens (tertiary/aromatic N) is 2. The van der Waals surface area contributed by atoms with Crippen LogP contribution in [-0.4, -0.2) is 35.1 Å². The van der Waals surface area contributed by atoms with Crippen molar-refractivity contribution >= 4 is 17.2 Å². The van der Waals surface area contributed by atoms with Gasteiger partial charge in [-0.3, -0.25) is 9.78 Å². The number of carbonyl (C=O) groups is 1. The second-order valence-electron chi connectivity index (χ2n) is 6.59. The first-order valence-corrected chi connectivity index (χ1v) is 9.99. The van der Waals surface area contributed by atoms with Crippen LogP contribution in [0.1, 0.15) is 18.4 Å². The topological polar surface area (TPSA) is 64.1 Å². The van der Waals surface area contributed by atoms with Crippen LogP contribution in [0.4, 0.5) is 0 Å². The van der Waals surface area contributed by atoms with Gasteiger partial charge in [0.2, 0.25) is 5.91 Å². The molecule has 0 radical (unpaired) electrons. The normalized spacial score (nSPS) is 16.4. The highest BCUT2D eigenvalue weighted by Gasteiger charge is 2.16. The molecule has 1 N–H and O–H groups in total. The summed E-state index contributed by atoms with van der Waals surface area (Å²) in [7, 11) is 0. The summed E-state index contributed by atoms with van der Waals surface area (Å²) in [5.74, 6) is 0.0341. The molecule has 3 heterocycles. The zero-order valence-electron chi connectivity index (χ0n) is 14.9. The summed E-state index contributed by atoms with van der Waals surface area (Å²) in [6, 6.07) is 11.9. The largest absolute Gasteiger partial charge is 0.376 e. The number of rotatable bonds is 6. The van der Waals surface area contributed by atoms with E-state index < -0.39 is 0 Å². The molecule has 0 saturated carbocycles. The summed E-state index contributed by atoms with van der Waals surface area (Å²) < 4.78 is 5.53. The standard InChI is InChI=1S/C21H21N3O2S/c25-20(23-13-18-2-1-11-26-18)12-15-3-5-16(6-4-15)19-14-27-21(24-19)17-7-9-22-10-8-17/h3-10,14,18H,1-2,11-13H2,(H,23,25)/t18-/m1/s1. The minimum atomic E-state index is 0.0341. The van der Waals surface area contributed by atoms with Gasteiger partial charge in [-0.2, -0.15) is 0 Å². The Kier molecular flexibility index (Phi) is 5.55. The lowest BCUT2D eigenvalue weighted by molar-refractivity contribution is -0.120. The molecule has 1 saturated heterocycles. The molecule has 1 atom stereocenters.